The monoisotopic (exact) mass is 650 g/mol. The molecule has 8 nitrogen and oxygen atoms in total. The number of nitrogens with zero attached hydrogens (tertiary/aromatic N) is 2. The van der Waals surface area contributed by atoms with E-state index in [4.69, 9.17) is 35.5 Å². The van der Waals surface area contributed by atoms with Crippen molar-refractivity contribution in [3.05, 3.63) is 150 Å². The predicted molar refractivity (Wildman–Crippen MR) is 176 cm³/mol. The smallest absolute Gasteiger partial charge is 0.338 e. The van der Waals surface area contributed by atoms with Crippen molar-refractivity contribution in [2.24, 2.45) is 4.99 Å². The van der Waals surface area contributed by atoms with Crippen molar-refractivity contribution in [1.82, 2.24) is 4.57 Å². The highest BCUT2D eigenvalue weighted by Crippen LogP contribution is 2.40. The molecule has 0 amide bonds. The van der Waals surface area contributed by atoms with Crippen molar-refractivity contribution < 1.29 is 23.7 Å². The molecule has 0 unspecified atom stereocenters. The van der Waals surface area contributed by atoms with Gasteiger partial charge in [0, 0.05) is 10.6 Å². The van der Waals surface area contributed by atoms with Crippen LogP contribution in [0.5, 0.6) is 17.2 Å². The summed E-state index contributed by atoms with van der Waals surface area (Å²) in [7, 11) is 0. The normalized spacial score (nSPS) is 15.3. The fraction of sp³-hybridized carbons (Fsp3) is 0.139. The van der Waals surface area contributed by atoms with E-state index in [0.717, 1.165) is 16.7 Å². The van der Waals surface area contributed by atoms with Crippen LogP contribution < -0.4 is 29.1 Å². The van der Waals surface area contributed by atoms with Crippen LogP contribution in [0.4, 0.5) is 0 Å². The molecule has 0 saturated carbocycles. The summed E-state index contributed by atoms with van der Waals surface area (Å²) in [5, 5.41) is 0.656. The van der Waals surface area contributed by atoms with Crippen LogP contribution in [0.1, 0.15) is 35.2 Å². The van der Waals surface area contributed by atoms with E-state index in [2.05, 4.69) is 0 Å². The minimum absolute atomic E-state index is 0.0990. The van der Waals surface area contributed by atoms with Crippen molar-refractivity contribution in [2.75, 3.05) is 13.4 Å². The average Bonchev–Trinajstić information content (AvgIpc) is 3.67. The van der Waals surface area contributed by atoms with Crippen LogP contribution >= 0.6 is 22.9 Å². The number of rotatable bonds is 8. The first kappa shape index (κ1) is 29.6. The second kappa shape index (κ2) is 12.7. The van der Waals surface area contributed by atoms with Crippen LogP contribution in [-0.4, -0.2) is 23.9 Å². The second-order valence-electron chi connectivity index (χ2n) is 10.5. The summed E-state index contributed by atoms with van der Waals surface area (Å²) in [6.07, 6.45) is 1.82. The molecule has 0 bridgehead atoms. The van der Waals surface area contributed by atoms with E-state index in [-0.39, 0.29) is 24.5 Å². The van der Waals surface area contributed by atoms with Gasteiger partial charge in [-0.25, -0.2) is 9.79 Å². The lowest BCUT2D eigenvalue weighted by Crippen LogP contribution is -2.40. The summed E-state index contributed by atoms with van der Waals surface area (Å²) in [5.74, 6) is 1.28. The summed E-state index contributed by atoms with van der Waals surface area (Å²) in [6, 6.07) is 29.1. The maximum Gasteiger partial charge on any atom is 0.338 e. The van der Waals surface area contributed by atoms with Gasteiger partial charge in [-0.2, -0.15) is 0 Å². The first-order chi connectivity index (χ1) is 22.5. The zero-order chi connectivity index (χ0) is 31.6. The Morgan fingerprint density at radius 1 is 1.00 bits per heavy atom. The highest BCUT2D eigenvalue weighted by atomic mass is 35.5. The number of carbonyl (C=O) groups is 1. The fourth-order valence-corrected chi connectivity index (χ4v) is 6.66. The van der Waals surface area contributed by atoms with Gasteiger partial charge in [-0.3, -0.25) is 9.36 Å². The largest absolute Gasteiger partial charge is 0.489 e. The van der Waals surface area contributed by atoms with Crippen LogP contribution in [0.15, 0.2) is 112 Å². The van der Waals surface area contributed by atoms with Gasteiger partial charge in [0.15, 0.2) is 16.3 Å². The molecular weight excluding hydrogens is 624 g/mol. The van der Waals surface area contributed by atoms with Gasteiger partial charge in [0.2, 0.25) is 6.79 Å². The molecule has 7 rings (SSSR count). The lowest BCUT2D eigenvalue weighted by Gasteiger charge is -2.26. The third kappa shape index (κ3) is 5.82. The molecule has 46 heavy (non-hydrogen) atoms. The highest BCUT2D eigenvalue weighted by molar-refractivity contribution is 7.07. The van der Waals surface area contributed by atoms with Gasteiger partial charge in [-0.05, 0) is 66.1 Å². The number of hydrogen-bond acceptors (Lipinski definition) is 8. The molecule has 4 aromatic carbocycles. The van der Waals surface area contributed by atoms with E-state index >= 15 is 0 Å². The van der Waals surface area contributed by atoms with E-state index in [1.54, 1.807) is 23.6 Å². The van der Waals surface area contributed by atoms with E-state index in [0.29, 0.717) is 49.5 Å². The van der Waals surface area contributed by atoms with Gasteiger partial charge in [0.05, 0.1) is 28.5 Å². The Morgan fingerprint density at radius 3 is 2.59 bits per heavy atom. The molecular formula is C36H27ClN2O6S. The first-order valence-corrected chi connectivity index (χ1v) is 15.8. The van der Waals surface area contributed by atoms with Crippen molar-refractivity contribution in [1.29, 1.82) is 0 Å². The molecule has 0 saturated heterocycles. The van der Waals surface area contributed by atoms with Gasteiger partial charge in [-0.15, -0.1) is 0 Å². The maximum absolute atomic E-state index is 14.2. The molecule has 3 heterocycles. The van der Waals surface area contributed by atoms with Gasteiger partial charge >= 0.3 is 5.97 Å². The third-order valence-electron chi connectivity index (χ3n) is 7.56. The molecule has 5 aromatic rings. The Bertz CT molecular complexity index is 2160. The molecule has 0 fully saturated rings. The number of carbonyl (C=O) groups excluding carboxylic acids is 1. The Labute approximate surface area is 273 Å². The minimum Gasteiger partial charge on any atom is -0.489 e. The van der Waals surface area contributed by atoms with Gasteiger partial charge in [0.25, 0.3) is 5.56 Å². The summed E-state index contributed by atoms with van der Waals surface area (Å²) < 4.78 is 24.7. The molecule has 10 heteroatoms. The van der Waals surface area contributed by atoms with E-state index < -0.39 is 12.0 Å². The zero-order valence-electron chi connectivity index (χ0n) is 24.6. The van der Waals surface area contributed by atoms with Crippen molar-refractivity contribution in [2.45, 2.75) is 19.6 Å². The Balaban J connectivity index is 1.32. The summed E-state index contributed by atoms with van der Waals surface area (Å²) in [5.41, 5.74) is 3.64. The molecule has 0 aliphatic carbocycles. The molecule has 230 valence electrons. The molecule has 0 N–H and O–H groups in total. The van der Waals surface area contributed by atoms with Crippen LogP contribution in [0.3, 0.4) is 0 Å². The quantitative estimate of drug-likeness (QED) is 0.195. The molecule has 0 radical (unpaired) electrons. The number of benzene rings is 4. The number of thiazole rings is 1. The molecule has 1 aromatic heterocycles. The second-order valence-corrected chi connectivity index (χ2v) is 12.0. The van der Waals surface area contributed by atoms with Crippen LogP contribution in [-0.2, 0) is 16.1 Å². The lowest BCUT2D eigenvalue weighted by atomic mass is 9.93. The molecule has 1 atom stereocenters. The Hall–Kier alpha value is -5.12. The molecule has 2 aliphatic heterocycles. The van der Waals surface area contributed by atoms with Crippen LogP contribution in [0.25, 0.3) is 11.8 Å². The van der Waals surface area contributed by atoms with Crippen molar-refractivity contribution in [3.8, 4) is 17.2 Å². The van der Waals surface area contributed by atoms with E-state index in [9.17, 15) is 9.59 Å². The van der Waals surface area contributed by atoms with Gasteiger partial charge in [-0.1, -0.05) is 83.6 Å². The maximum atomic E-state index is 14.2. The van der Waals surface area contributed by atoms with Crippen molar-refractivity contribution >= 4 is 40.7 Å². The molecule has 2 aliphatic rings. The predicted octanol–water partition coefficient (Wildman–Crippen LogP) is 5.90. The summed E-state index contributed by atoms with van der Waals surface area (Å²) in [4.78, 5) is 33.2. The topological polar surface area (TPSA) is 88.4 Å². The van der Waals surface area contributed by atoms with Crippen LogP contribution in [0.2, 0.25) is 5.02 Å². The van der Waals surface area contributed by atoms with E-state index in [1.807, 2.05) is 91.0 Å². The Kier molecular flexibility index (Phi) is 8.17. The number of aromatic nitrogens is 1. The minimum atomic E-state index is -0.815. The first-order valence-electron chi connectivity index (χ1n) is 14.6. The SMILES string of the molecule is CCOC(=O)C1=C(c2ccccc2)N=c2s/c(=C\c3ccc(OCc4cccc(Cl)c4)cc3)c(=O)n2[C@H]1c1ccc2c(c1)OCO2. The fourth-order valence-electron chi connectivity index (χ4n) is 5.44. The average molecular weight is 651 g/mol. The lowest BCUT2D eigenvalue weighted by molar-refractivity contribution is -0.138. The summed E-state index contributed by atoms with van der Waals surface area (Å²) >= 11 is 7.35. The zero-order valence-corrected chi connectivity index (χ0v) is 26.2. The number of halogens is 1. The number of hydrogen-bond donors (Lipinski definition) is 0. The number of esters is 1. The third-order valence-corrected chi connectivity index (χ3v) is 8.78. The van der Waals surface area contributed by atoms with E-state index in [1.165, 1.54) is 11.3 Å². The molecule has 0 spiro atoms. The standard InChI is InChI=1S/C36H27ClN2O6S/c1-2-42-35(41)31-32(24-8-4-3-5-9-24)38-36-39(33(31)25-13-16-28-29(19-25)45-21-44-28)34(40)30(46-36)18-22-11-14-27(15-12-22)43-20-23-7-6-10-26(37)17-23/h3-19,33H,2,20-21H2,1H3/b30-18-/t33-/m0/s1. The van der Waals surface area contributed by atoms with Crippen molar-refractivity contribution in [3.63, 3.8) is 0 Å². The number of fused-ring (bicyclic) bond motifs is 2. The Morgan fingerprint density at radius 2 is 1.80 bits per heavy atom. The van der Waals surface area contributed by atoms with Crippen LogP contribution in [0, 0.1) is 0 Å². The summed E-state index contributed by atoms with van der Waals surface area (Å²) in [6.45, 7) is 2.40. The number of ether oxygens (including phenoxy) is 4. The van der Waals surface area contributed by atoms with Gasteiger partial charge < -0.3 is 18.9 Å². The van der Waals surface area contributed by atoms with Gasteiger partial charge in [0.1, 0.15) is 12.4 Å². The highest BCUT2D eigenvalue weighted by Gasteiger charge is 2.36.